The minimum absolute atomic E-state index is 0.0647. The lowest BCUT2D eigenvalue weighted by molar-refractivity contribution is -0.136. The molecule has 19 heavy (non-hydrogen) atoms. The van der Waals surface area contributed by atoms with E-state index in [4.69, 9.17) is 5.11 Å². The lowest BCUT2D eigenvalue weighted by atomic mass is 9.97. The maximum atomic E-state index is 10.5. The lowest BCUT2D eigenvalue weighted by Crippen LogP contribution is -2.40. The van der Waals surface area contributed by atoms with E-state index in [0.29, 0.717) is 5.92 Å². The number of hydrogen-bond acceptors (Lipinski definition) is 3. The number of piperidine rings is 1. The molecule has 1 aromatic carbocycles. The first kappa shape index (κ1) is 14.0. The zero-order chi connectivity index (χ0) is 13.5. The average molecular weight is 262 g/mol. The summed E-state index contributed by atoms with van der Waals surface area (Å²) >= 11 is 0. The van der Waals surface area contributed by atoms with Gasteiger partial charge in [-0.3, -0.25) is 9.69 Å². The van der Waals surface area contributed by atoms with Crippen molar-refractivity contribution in [2.24, 2.45) is 5.92 Å². The normalized spacial score (nSPS) is 20.3. The van der Waals surface area contributed by atoms with Crippen molar-refractivity contribution in [3.8, 4) is 0 Å². The van der Waals surface area contributed by atoms with Crippen molar-refractivity contribution in [3.63, 3.8) is 0 Å². The van der Waals surface area contributed by atoms with Gasteiger partial charge in [0.25, 0.3) is 0 Å². The zero-order valence-corrected chi connectivity index (χ0v) is 11.2. The van der Waals surface area contributed by atoms with Gasteiger partial charge in [-0.1, -0.05) is 30.3 Å². The van der Waals surface area contributed by atoms with Gasteiger partial charge in [0.1, 0.15) is 0 Å². The van der Waals surface area contributed by atoms with E-state index in [1.165, 1.54) is 18.4 Å². The van der Waals surface area contributed by atoms with Gasteiger partial charge in [0, 0.05) is 13.1 Å². The molecule has 4 heteroatoms. The van der Waals surface area contributed by atoms with Crippen molar-refractivity contribution in [1.29, 1.82) is 0 Å². The predicted octanol–water partition coefficient (Wildman–Crippen LogP) is 1.57. The fourth-order valence-corrected chi connectivity index (χ4v) is 2.69. The summed E-state index contributed by atoms with van der Waals surface area (Å²) in [5.74, 6) is -0.214. The molecule has 0 saturated carbocycles. The van der Waals surface area contributed by atoms with Crippen molar-refractivity contribution in [2.75, 3.05) is 26.2 Å². The molecule has 2 N–H and O–H groups in total. The molecule has 1 heterocycles. The third-order valence-electron chi connectivity index (χ3n) is 3.56. The number of aliphatic carboxylic acids is 1. The molecule has 1 aliphatic rings. The van der Waals surface area contributed by atoms with Gasteiger partial charge < -0.3 is 10.4 Å². The number of carboxylic acids is 1. The first-order valence-electron chi connectivity index (χ1n) is 6.93. The summed E-state index contributed by atoms with van der Waals surface area (Å²) in [6.45, 7) is 4.06. The molecule has 1 aliphatic heterocycles. The van der Waals surface area contributed by atoms with Gasteiger partial charge in [-0.15, -0.1) is 0 Å². The number of nitrogens with zero attached hydrogens (tertiary/aromatic N) is 1. The molecule has 0 aromatic heterocycles. The molecule has 2 rings (SSSR count). The summed E-state index contributed by atoms with van der Waals surface area (Å²) in [4.78, 5) is 12.9. The number of benzene rings is 1. The van der Waals surface area contributed by atoms with Gasteiger partial charge in [0.15, 0.2) is 0 Å². The van der Waals surface area contributed by atoms with Crippen LogP contribution in [0.1, 0.15) is 18.4 Å². The SMILES string of the molecule is O=C(O)CNC[C@@H]1CCCN(Cc2ccccc2)C1. The highest BCUT2D eigenvalue weighted by atomic mass is 16.4. The van der Waals surface area contributed by atoms with E-state index in [1.807, 2.05) is 6.07 Å². The van der Waals surface area contributed by atoms with Crippen LogP contribution in [0.15, 0.2) is 30.3 Å². The van der Waals surface area contributed by atoms with Crippen LogP contribution in [0.5, 0.6) is 0 Å². The van der Waals surface area contributed by atoms with Crippen molar-refractivity contribution < 1.29 is 9.90 Å². The predicted molar refractivity (Wildman–Crippen MR) is 74.9 cm³/mol. The van der Waals surface area contributed by atoms with Gasteiger partial charge in [0.2, 0.25) is 0 Å². The molecular weight excluding hydrogens is 240 g/mol. The molecule has 0 aliphatic carbocycles. The molecule has 0 unspecified atom stereocenters. The third-order valence-corrected chi connectivity index (χ3v) is 3.56. The van der Waals surface area contributed by atoms with Crippen LogP contribution in [0.25, 0.3) is 0 Å². The fourth-order valence-electron chi connectivity index (χ4n) is 2.69. The van der Waals surface area contributed by atoms with Crippen molar-refractivity contribution in [3.05, 3.63) is 35.9 Å². The average Bonchev–Trinajstić information content (AvgIpc) is 2.40. The zero-order valence-electron chi connectivity index (χ0n) is 11.2. The second-order valence-electron chi connectivity index (χ2n) is 5.25. The number of carbonyl (C=O) groups is 1. The molecular formula is C15H22N2O2. The van der Waals surface area contributed by atoms with Crippen molar-refractivity contribution in [1.82, 2.24) is 10.2 Å². The van der Waals surface area contributed by atoms with Crippen LogP contribution in [0.4, 0.5) is 0 Å². The van der Waals surface area contributed by atoms with Crippen LogP contribution < -0.4 is 5.32 Å². The molecule has 1 saturated heterocycles. The molecule has 0 bridgehead atoms. The Morgan fingerprint density at radius 2 is 2.16 bits per heavy atom. The Morgan fingerprint density at radius 3 is 2.89 bits per heavy atom. The Bertz CT molecular complexity index is 394. The molecule has 1 atom stereocenters. The van der Waals surface area contributed by atoms with Crippen LogP contribution >= 0.6 is 0 Å². The standard InChI is InChI=1S/C15H22N2O2/c18-15(19)10-16-9-14-7-4-8-17(12-14)11-13-5-2-1-3-6-13/h1-3,5-6,14,16H,4,7-12H2,(H,18,19)/t14-/m0/s1. The molecule has 1 fully saturated rings. The first-order valence-corrected chi connectivity index (χ1v) is 6.93. The fraction of sp³-hybridized carbons (Fsp3) is 0.533. The van der Waals surface area contributed by atoms with E-state index in [1.54, 1.807) is 0 Å². The Morgan fingerprint density at radius 1 is 1.37 bits per heavy atom. The van der Waals surface area contributed by atoms with Crippen LogP contribution in [0, 0.1) is 5.92 Å². The molecule has 0 radical (unpaired) electrons. The van der Waals surface area contributed by atoms with Crippen LogP contribution in [0.2, 0.25) is 0 Å². The van der Waals surface area contributed by atoms with E-state index in [-0.39, 0.29) is 6.54 Å². The molecule has 0 spiro atoms. The van der Waals surface area contributed by atoms with Gasteiger partial charge in [0.05, 0.1) is 6.54 Å². The molecule has 0 amide bonds. The monoisotopic (exact) mass is 262 g/mol. The van der Waals surface area contributed by atoms with E-state index in [2.05, 4.69) is 34.5 Å². The quantitative estimate of drug-likeness (QED) is 0.817. The molecule has 1 aromatic rings. The molecule has 104 valence electrons. The number of likely N-dealkylation sites (tertiary alicyclic amines) is 1. The summed E-state index contributed by atoms with van der Waals surface area (Å²) in [6.07, 6.45) is 2.39. The highest BCUT2D eigenvalue weighted by Crippen LogP contribution is 2.17. The second-order valence-corrected chi connectivity index (χ2v) is 5.25. The van der Waals surface area contributed by atoms with Crippen LogP contribution in [0.3, 0.4) is 0 Å². The van der Waals surface area contributed by atoms with E-state index >= 15 is 0 Å². The number of nitrogens with one attached hydrogen (secondary N) is 1. The lowest BCUT2D eigenvalue weighted by Gasteiger charge is -2.32. The second kappa shape index (κ2) is 7.26. The largest absolute Gasteiger partial charge is 0.480 e. The number of hydrogen-bond donors (Lipinski definition) is 2. The summed E-state index contributed by atoms with van der Waals surface area (Å²) in [5, 5.41) is 11.6. The van der Waals surface area contributed by atoms with E-state index < -0.39 is 5.97 Å². The highest BCUT2D eigenvalue weighted by molar-refractivity contribution is 5.68. The number of rotatable bonds is 6. The minimum atomic E-state index is -0.781. The van der Waals surface area contributed by atoms with Crippen LogP contribution in [-0.4, -0.2) is 42.2 Å². The highest BCUT2D eigenvalue weighted by Gasteiger charge is 2.19. The maximum Gasteiger partial charge on any atom is 0.317 e. The topological polar surface area (TPSA) is 52.6 Å². The van der Waals surface area contributed by atoms with Gasteiger partial charge in [-0.25, -0.2) is 0 Å². The van der Waals surface area contributed by atoms with E-state index in [9.17, 15) is 4.79 Å². The number of carboxylic acid groups (broad SMARTS) is 1. The summed E-state index contributed by atoms with van der Waals surface area (Å²) in [7, 11) is 0. The molecule has 4 nitrogen and oxygen atoms in total. The third kappa shape index (κ3) is 5.01. The van der Waals surface area contributed by atoms with E-state index in [0.717, 1.165) is 26.2 Å². The Hall–Kier alpha value is -1.39. The van der Waals surface area contributed by atoms with Crippen molar-refractivity contribution in [2.45, 2.75) is 19.4 Å². The summed E-state index contributed by atoms with van der Waals surface area (Å²) in [5.41, 5.74) is 1.35. The maximum absolute atomic E-state index is 10.5. The van der Waals surface area contributed by atoms with Gasteiger partial charge in [-0.2, -0.15) is 0 Å². The minimum Gasteiger partial charge on any atom is -0.480 e. The van der Waals surface area contributed by atoms with Gasteiger partial charge in [-0.05, 0) is 37.4 Å². The Balaban J connectivity index is 1.75. The van der Waals surface area contributed by atoms with Crippen molar-refractivity contribution >= 4 is 5.97 Å². The van der Waals surface area contributed by atoms with Gasteiger partial charge >= 0.3 is 5.97 Å². The Labute approximate surface area is 114 Å². The first-order chi connectivity index (χ1) is 9.24. The smallest absolute Gasteiger partial charge is 0.317 e. The van der Waals surface area contributed by atoms with Crippen LogP contribution in [-0.2, 0) is 11.3 Å². The Kier molecular flexibility index (Phi) is 5.36. The summed E-state index contributed by atoms with van der Waals surface area (Å²) < 4.78 is 0. The summed E-state index contributed by atoms with van der Waals surface area (Å²) in [6, 6.07) is 10.5.